The van der Waals surface area contributed by atoms with Gasteiger partial charge in [0.25, 0.3) is 6.29 Å². The Morgan fingerprint density at radius 2 is 1.44 bits per heavy atom. The van der Waals surface area contributed by atoms with Crippen molar-refractivity contribution in [2.24, 2.45) is 11.8 Å². The van der Waals surface area contributed by atoms with Gasteiger partial charge in [-0.05, 0) is 67.4 Å². The summed E-state index contributed by atoms with van der Waals surface area (Å²) < 4.78 is 9.95. The van der Waals surface area contributed by atoms with Crippen molar-refractivity contribution in [2.75, 3.05) is 15.8 Å². The standard InChI is InChI=1S/C36H40I2N2O8/c1-5-25(4)32(19-41)40(48-23-38,36(44)46-20-26-13-7-6-8-14-26)34(42)33(24(2)3)39(47-22-37)35(43)45-21-31-29-17-11-9-15-27(29)28-16-10-12-18-30(28)31/h6-18,24-25,31-33H,5,20-23H2,1-4H3/q+1/t25-,32+,33-,40?/m0/s1. The van der Waals surface area contributed by atoms with Gasteiger partial charge < -0.3 is 9.47 Å². The van der Waals surface area contributed by atoms with Crippen LogP contribution in [-0.4, -0.2) is 62.0 Å². The molecule has 4 rings (SSSR count). The molecule has 0 saturated heterocycles. The molecular formula is C36H40I2N2O8+. The molecule has 0 saturated carbocycles. The molecule has 1 aliphatic rings. The molecule has 3 amide bonds. The zero-order valence-electron chi connectivity index (χ0n) is 27.3. The average molecular weight is 883 g/mol. The maximum absolute atomic E-state index is 14.9. The summed E-state index contributed by atoms with van der Waals surface area (Å²) in [6.45, 7) is 6.78. The lowest BCUT2D eigenvalue weighted by Crippen LogP contribution is -2.70. The Labute approximate surface area is 308 Å². The lowest BCUT2D eigenvalue weighted by molar-refractivity contribution is -0.995. The highest BCUT2D eigenvalue weighted by atomic mass is 127. The first-order valence-corrected chi connectivity index (χ1v) is 18.8. The van der Waals surface area contributed by atoms with Crippen molar-refractivity contribution in [2.45, 2.75) is 58.7 Å². The molecule has 0 aliphatic heterocycles. The van der Waals surface area contributed by atoms with Crippen LogP contribution >= 0.6 is 45.2 Å². The van der Waals surface area contributed by atoms with E-state index in [0.29, 0.717) is 12.0 Å². The van der Waals surface area contributed by atoms with Gasteiger partial charge in [0.2, 0.25) is 6.04 Å². The van der Waals surface area contributed by atoms with E-state index in [1.165, 1.54) is 0 Å². The molecule has 0 heterocycles. The Morgan fingerprint density at radius 3 is 1.96 bits per heavy atom. The molecule has 0 aromatic heterocycles. The molecule has 1 radical (unpaired) electrons. The fraction of sp³-hybridized carbons (Fsp3) is 0.389. The van der Waals surface area contributed by atoms with E-state index in [1.807, 2.05) is 113 Å². The number of halogens is 2. The molecule has 0 bridgehead atoms. The van der Waals surface area contributed by atoms with E-state index in [-0.39, 0.29) is 28.4 Å². The second-order valence-corrected chi connectivity index (χ2v) is 13.0. The third-order valence-corrected chi connectivity index (χ3v) is 9.15. The molecule has 1 aliphatic carbocycles. The minimum atomic E-state index is -1.46. The summed E-state index contributed by atoms with van der Waals surface area (Å²) >= 11 is 3.78. The van der Waals surface area contributed by atoms with Gasteiger partial charge >= 0.3 is 18.1 Å². The smallest absolute Gasteiger partial charge is 0.447 e. The molecule has 0 fully saturated rings. The first-order chi connectivity index (χ1) is 23.2. The molecule has 0 N–H and O–H groups in total. The van der Waals surface area contributed by atoms with Crippen molar-refractivity contribution in [1.29, 1.82) is 0 Å². The van der Waals surface area contributed by atoms with Gasteiger partial charge in [-0.15, -0.1) is 0 Å². The highest BCUT2D eigenvalue weighted by molar-refractivity contribution is 14.1. The maximum Gasteiger partial charge on any atom is 0.558 e. The van der Waals surface area contributed by atoms with Crippen LogP contribution < -0.4 is 0 Å². The second kappa shape index (κ2) is 17.7. The van der Waals surface area contributed by atoms with Crippen molar-refractivity contribution in [3.63, 3.8) is 0 Å². The zero-order chi connectivity index (χ0) is 34.8. The number of amides is 3. The van der Waals surface area contributed by atoms with Crippen LogP contribution in [0.15, 0.2) is 78.9 Å². The van der Waals surface area contributed by atoms with E-state index in [9.17, 15) is 19.2 Å². The number of nitrogens with zero attached hydrogens (tertiary/aromatic N) is 2. The number of alkyl halides is 2. The Morgan fingerprint density at radius 1 is 0.854 bits per heavy atom. The van der Waals surface area contributed by atoms with Crippen LogP contribution in [0.25, 0.3) is 11.1 Å². The van der Waals surface area contributed by atoms with Crippen LogP contribution in [0, 0.1) is 11.8 Å². The Kier molecular flexibility index (Phi) is 13.9. The first kappa shape index (κ1) is 37.9. The average Bonchev–Trinajstić information content (AvgIpc) is 3.42. The van der Waals surface area contributed by atoms with Crippen molar-refractivity contribution in [3.05, 3.63) is 95.6 Å². The number of fused-ring (bicyclic) bond motifs is 3. The molecule has 0 spiro atoms. The molecule has 1 unspecified atom stereocenters. The van der Waals surface area contributed by atoms with Crippen LogP contribution in [0.2, 0.25) is 0 Å². The first-order valence-electron chi connectivity index (χ1n) is 15.7. The minimum absolute atomic E-state index is 0.0152. The molecule has 255 valence electrons. The maximum atomic E-state index is 14.9. The van der Waals surface area contributed by atoms with Crippen LogP contribution in [0.3, 0.4) is 0 Å². The van der Waals surface area contributed by atoms with E-state index in [4.69, 9.17) is 19.1 Å². The largest absolute Gasteiger partial charge is 0.558 e. The van der Waals surface area contributed by atoms with Gasteiger partial charge in [-0.2, -0.15) is 14.7 Å². The number of benzene rings is 3. The Hall–Kier alpha value is -2.92. The summed E-state index contributed by atoms with van der Waals surface area (Å²) in [6, 6.07) is 22.0. The quantitative estimate of drug-likeness (QED) is 0.0653. The van der Waals surface area contributed by atoms with Crippen LogP contribution in [-0.2, 0) is 35.3 Å². The minimum Gasteiger partial charge on any atom is -0.447 e. The molecular weight excluding hydrogens is 842 g/mol. The zero-order valence-corrected chi connectivity index (χ0v) is 31.7. The van der Waals surface area contributed by atoms with Crippen LogP contribution in [0.5, 0.6) is 0 Å². The van der Waals surface area contributed by atoms with Gasteiger partial charge in [0.05, 0.1) is 0 Å². The number of carbonyl (C=O) groups is 3. The summed E-state index contributed by atoms with van der Waals surface area (Å²) in [4.78, 5) is 67.4. The summed E-state index contributed by atoms with van der Waals surface area (Å²) in [5.41, 5.74) is 4.86. The molecule has 3 aromatic rings. The van der Waals surface area contributed by atoms with Gasteiger partial charge in [-0.1, -0.05) is 129 Å². The predicted molar refractivity (Wildman–Crippen MR) is 196 cm³/mol. The van der Waals surface area contributed by atoms with Gasteiger partial charge in [-0.25, -0.2) is 9.59 Å². The number of hydrogen-bond donors (Lipinski definition) is 0. The molecule has 3 aromatic carbocycles. The monoisotopic (exact) mass is 882 g/mol. The number of ether oxygens (including phenoxy) is 2. The molecule has 10 nitrogen and oxygen atoms in total. The third-order valence-electron chi connectivity index (χ3n) is 8.59. The summed E-state index contributed by atoms with van der Waals surface area (Å²) in [7, 11) is 0. The van der Waals surface area contributed by atoms with Crippen molar-refractivity contribution < 1.29 is 43.0 Å². The van der Waals surface area contributed by atoms with Crippen LogP contribution in [0.4, 0.5) is 9.59 Å². The molecule has 4 atom stereocenters. The number of imide groups is 1. The Bertz CT molecular complexity index is 1530. The van der Waals surface area contributed by atoms with Crippen molar-refractivity contribution >= 4 is 69.6 Å². The molecule has 12 heteroatoms. The van der Waals surface area contributed by atoms with Crippen LogP contribution in [0.1, 0.15) is 56.7 Å². The SMILES string of the molecule is CC[C@H](C)[C@@H]([C]=O)[N+](OCI)(C(=O)OCc1ccccc1)C(=O)[C@H](C(C)C)N(OCI)C(=O)OCC1c2ccccc2-c2ccccc21. The lowest BCUT2D eigenvalue weighted by atomic mass is 9.95. The molecule has 48 heavy (non-hydrogen) atoms. The fourth-order valence-corrected chi connectivity index (χ4v) is 6.75. The normalized spacial score (nSPS) is 15.4. The number of hydroxylamine groups is 5. The fourth-order valence-electron chi connectivity index (χ4n) is 6.01. The second-order valence-electron chi connectivity index (χ2n) is 11.8. The predicted octanol–water partition coefficient (Wildman–Crippen LogP) is 8.11. The highest BCUT2D eigenvalue weighted by Gasteiger charge is 2.62. The van der Waals surface area contributed by atoms with Crippen molar-refractivity contribution in [1.82, 2.24) is 5.06 Å². The number of quaternary nitrogens is 1. The number of carbonyl (C=O) groups excluding carboxylic acids is 4. The van der Waals surface area contributed by atoms with E-state index in [2.05, 4.69) is 0 Å². The van der Waals surface area contributed by atoms with Crippen molar-refractivity contribution in [3.8, 4) is 11.1 Å². The van der Waals surface area contributed by atoms with E-state index in [0.717, 1.165) is 27.3 Å². The Balaban J connectivity index is 1.70. The number of hydrogen-bond acceptors (Lipinski definition) is 8. The van der Waals surface area contributed by atoms with E-state index >= 15 is 0 Å². The van der Waals surface area contributed by atoms with Gasteiger partial charge in [-0.3, -0.25) is 9.63 Å². The topological polar surface area (TPSA) is 108 Å². The van der Waals surface area contributed by atoms with Gasteiger partial charge in [0.15, 0.2) is 10.7 Å². The van der Waals surface area contributed by atoms with Gasteiger partial charge in [0.1, 0.15) is 17.8 Å². The lowest BCUT2D eigenvalue weighted by Gasteiger charge is -2.39. The van der Waals surface area contributed by atoms with Gasteiger partial charge in [0, 0.05) is 11.8 Å². The summed E-state index contributed by atoms with van der Waals surface area (Å²) in [5, 5.41) is 0.860. The summed E-state index contributed by atoms with van der Waals surface area (Å²) in [5.74, 6) is -2.28. The van der Waals surface area contributed by atoms with E-state index < -0.39 is 46.7 Å². The number of rotatable bonds is 15. The van der Waals surface area contributed by atoms with E-state index in [1.54, 1.807) is 45.0 Å². The third kappa shape index (κ3) is 7.93. The highest BCUT2D eigenvalue weighted by Crippen LogP contribution is 2.44. The summed E-state index contributed by atoms with van der Waals surface area (Å²) in [6.07, 6.45) is 0.324.